The van der Waals surface area contributed by atoms with Crippen LogP contribution < -0.4 is 10.6 Å². The van der Waals surface area contributed by atoms with Gasteiger partial charge in [-0.3, -0.25) is 9.59 Å². The van der Waals surface area contributed by atoms with E-state index in [1.165, 1.54) is 0 Å². The van der Waals surface area contributed by atoms with E-state index in [1.807, 2.05) is 6.92 Å². The van der Waals surface area contributed by atoms with Crippen LogP contribution in [0.5, 0.6) is 0 Å². The molecule has 2 N–H and O–H groups in total. The van der Waals surface area contributed by atoms with Crippen molar-refractivity contribution in [3.8, 4) is 0 Å². The summed E-state index contributed by atoms with van der Waals surface area (Å²) in [6.45, 7) is 6.30. The van der Waals surface area contributed by atoms with Gasteiger partial charge >= 0.3 is 0 Å². The van der Waals surface area contributed by atoms with Crippen LogP contribution in [0.25, 0.3) is 0 Å². The van der Waals surface area contributed by atoms with Crippen molar-refractivity contribution in [2.24, 2.45) is 0 Å². The SMILES string of the molecule is CCCNCCNC(=O)C1CSCN1C(=O)CC.Cl. The zero-order valence-corrected chi connectivity index (χ0v) is 13.2. The van der Waals surface area contributed by atoms with Crippen molar-refractivity contribution in [1.29, 1.82) is 0 Å². The fourth-order valence-electron chi connectivity index (χ4n) is 1.80. The lowest BCUT2D eigenvalue weighted by Gasteiger charge is -2.22. The molecule has 1 atom stereocenters. The van der Waals surface area contributed by atoms with E-state index < -0.39 is 0 Å². The minimum Gasteiger partial charge on any atom is -0.353 e. The van der Waals surface area contributed by atoms with E-state index in [4.69, 9.17) is 0 Å². The molecule has 0 aromatic heterocycles. The highest BCUT2D eigenvalue weighted by molar-refractivity contribution is 7.99. The molecule has 0 aliphatic carbocycles. The van der Waals surface area contributed by atoms with Gasteiger partial charge in [0.1, 0.15) is 6.04 Å². The van der Waals surface area contributed by atoms with E-state index in [0.717, 1.165) is 19.5 Å². The first-order chi connectivity index (χ1) is 8.70. The van der Waals surface area contributed by atoms with E-state index in [2.05, 4.69) is 17.6 Å². The summed E-state index contributed by atoms with van der Waals surface area (Å²) in [6.07, 6.45) is 1.55. The highest BCUT2D eigenvalue weighted by atomic mass is 35.5. The van der Waals surface area contributed by atoms with Gasteiger partial charge < -0.3 is 15.5 Å². The van der Waals surface area contributed by atoms with Crippen molar-refractivity contribution < 1.29 is 9.59 Å². The minimum absolute atomic E-state index is 0. The zero-order valence-electron chi connectivity index (χ0n) is 11.6. The van der Waals surface area contributed by atoms with E-state index in [9.17, 15) is 9.59 Å². The third-order valence-electron chi connectivity index (χ3n) is 2.84. The number of carbonyl (C=O) groups is 2. The summed E-state index contributed by atoms with van der Waals surface area (Å²) in [6, 6.07) is -0.284. The quantitative estimate of drug-likeness (QED) is 0.684. The topological polar surface area (TPSA) is 61.4 Å². The third-order valence-corrected chi connectivity index (χ3v) is 3.85. The Morgan fingerprint density at radius 1 is 1.26 bits per heavy atom. The molecule has 1 fully saturated rings. The fourth-order valence-corrected chi connectivity index (χ4v) is 2.98. The van der Waals surface area contributed by atoms with Gasteiger partial charge in [0.25, 0.3) is 0 Å². The zero-order chi connectivity index (χ0) is 13.4. The standard InChI is InChI=1S/C12H23N3O2S.ClH/c1-3-5-13-6-7-14-12(17)10-8-18-9-15(10)11(16)4-2;/h10,13H,3-9H2,1-2H3,(H,14,17);1H. The van der Waals surface area contributed by atoms with Crippen molar-refractivity contribution in [2.45, 2.75) is 32.7 Å². The predicted molar refractivity (Wildman–Crippen MR) is 81.7 cm³/mol. The average Bonchev–Trinajstić information content (AvgIpc) is 2.86. The molecule has 7 heteroatoms. The van der Waals surface area contributed by atoms with Gasteiger partial charge in [0.2, 0.25) is 11.8 Å². The van der Waals surface area contributed by atoms with Crippen LogP contribution in [0.15, 0.2) is 0 Å². The molecule has 5 nitrogen and oxygen atoms in total. The summed E-state index contributed by atoms with van der Waals surface area (Å²) in [5, 5.41) is 6.11. The van der Waals surface area contributed by atoms with Crippen LogP contribution in [0, 0.1) is 0 Å². The Morgan fingerprint density at radius 3 is 2.63 bits per heavy atom. The second-order valence-corrected chi connectivity index (χ2v) is 5.27. The molecular formula is C12H24ClN3O2S. The number of amides is 2. The van der Waals surface area contributed by atoms with Crippen LogP contribution in [-0.4, -0.2) is 54.0 Å². The molecule has 0 radical (unpaired) electrons. The van der Waals surface area contributed by atoms with Crippen LogP contribution in [0.1, 0.15) is 26.7 Å². The van der Waals surface area contributed by atoms with E-state index in [0.29, 0.717) is 24.6 Å². The number of halogens is 1. The molecule has 0 bridgehead atoms. The van der Waals surface area contributed by atoms with Crippen molar-refractivity contribution in [2.75, 3.05) is 31.3 Å². The normalized spacial score (nSPS) is 18.0. The lowest BCUT2D eigenvalue weighted by Crippen LogP contribution is -2.48. The molecule has 19 heavy (non-hydrogen) atoms. The van der Waals surface area contributed by atoms with E-state index in [1.54, 1.807) is 16.7 Å². The Kier molecular flexibility index (Phi) is 10.1. The highest BCUT2D eigenvalue weighted by Crippen LogP contribution is 2.21. The maximum Gasteiger partial charge on any atom is 0.243 e. The summed E-state index contributed by atoms with van der Waals surface area (Å²) < 4.78 is 0. The van der Waals surface area contributed by atoms with Crippen LogP contribution >= 0.6 is 24.2 Å². The lowest BCUT2D eigenvalue weighted by molar-refractivity contribution is -0.137. The van der Waals surface area contributed by atoms with Gasteiger partial charge in [-0.05, 0) is 13.0 Å². The maximum absolute atomic E-state index is 12.0. The second kappa shape index (κ2) is 10.3. The average molecular weight is 310 g/mol. The molecule has 0 aromatic carbocycles. The van der Waals surface area contributed by atoms with Crippen molar-refractivity contribution in [3.05, 3.63) is 0 Å². The Hall–Kier alpha value is -0.460. The number of carbonyl (C=O) groups excluding carboxylic acids is 2. The molecule has 0 spiro atoms. The summed E-state index contributed by atoms with van der Waals surface area (Å²) in [7, 11) is 0. The molecule has 2 amide bonds. The first-order valence-corrected chi connectivity index (χ1v) is 7.71. The monoisotopic (exact) mass is 309 g/mol. The van der Waals surface area contributed by atoms with E-state index >= 15 is 0 Å². The molecule has 0 saturated carbocycles. The number of hydrogen-bond acceptors (Lipinski definition) is 4. The number of thioether (sulfide) groups is 1. The Morgan fingerprint density at radius 2 is 2.00 bits per heavy atom. The van der Waals surface area contributed by atoms with Gasteiger partial charge in [0, 0.05) is 25.3 Å². The number of rotatable bonds is 7. The number of hydrogen-bond donors (Lipinski definition) is 2. The van der Waals surface area contributed by atoms with Crippen LogP contribution in [0.3, 0.4) is 0 Å². The van der Waals surface area contributed by atoms with Crippen molar-refractivity contribution in [3.63, 3.8) is 0 Å². The molecule has 0 aromatic rings. The summed E-state index contributed by atoms with van der Waals surface area (Å²) in [5.41, 5.74) is 0. The van der Waals surface area contributed by atoms with Crippen molar-refractivity contribution in [1.82, 2.24) is 15.5 Å². The molecule has 1 aliphatic heterocycles. The largest absolute Gasteiger partial charge is 0.353 e. The molecule has 1 heterocycles. The first-order valence-electron chi connectivity index (χ1n) is 6.56. The maximum atomic E-state index is 12.0. The van der Waals surface area contributed by atoms with Crippen LogP contribution in [-0.2, 0) is 9.59 Å². The molecular weight excluding hydrogens is 286 g/mol. The molecule has 1 aliphatic rings. The number of nitrogens with one attached hydrogen (secondary N) is 2. The molecule has 1 rings (SSSR count). The minimum atomic E-state index is -0.284. The summed E-state index contributed by atoms with van der Waals surface area (Å²) >= 11 is 1.64. The van der Waals surface area contributed by atoms with Gasteiger partial charge in [0.05, 0.1) is 5.88 Å². The Labute approximate surface area is 125 Å². The van der Waals surface area contributed by atoms with Gasteiger partial charge in [0.15, 0.2) is 0 Å². The smallest absolute Gasteiger partial charge is 0.243 e. The first kappa shape index (κ1) is 18.5. The molecule has 112 valence electrons. The number of nitrogens with zero attached hydrogens (tertiary/aromatic N) is 1. The van der Waals surface area contributed by atoms with Gasteiger partial charge in [-0.2, -0.15) is 0 Å². The molecule has 1 saturated heterocycles. The van der Waals surface area contributed by atoms with Crippen LogP contribution in [0.4, 0.5) is 0 Å². The highest BCUT2D eigenvalue weighted by Gasteiger charge is 2.33. The lowest BCUT2D eigenvalue weighted by atomic mass is 10.2. The second-order valence-electron chi connectivity index (χ2n) is 4.27. The Bertz CT molecular complexity index is 292. The fraction of sp³-hybridized carbons (Fsp3) is 0.833. The summed E-state index contributed by atoms with van der Waals surface area (Å²) in [4.78, 5) is 25.3. The van der Waals surface area contributed by atoms with Gasteiger partial charge in [-0.25, -0.2) is 0 Å². The Balaban J connectivity index is 0.00000324. The molecule has 1 unspecified atom stereocenters. The van der Waals surface area contributed by atoms with Gasteiger partial charge in [-0.15, -0.1) is 24.2 Å². The predicted octanol–water partition coefficient (Wildman–Crippen LogP) is 0.835. The summed E-state index contributed by atoms with van der Waals surface area (Å²) in [5.74, 6) is 1.38. The van der Waals surface area contributed by atoms with E-state index in [-0.39, 0.29) is 30.3 Å². The third kappa shape index (κ3) is 6.01. The van der Waals surface area contributed by atoms with Crippen LogP contribution in [0.2, 0.25) is 0 Å². The van der Waals surface area contributed by atoms with Crippen molar-refractivity contribution >= 4 is 36.0 Å². The van der Waals surface area contributed by atoms with Gasteiger partial charge in [-0.1, -0.05) is 13.8 Å².